The van der Waals surface area contributed by atoms with Crippen LogP contribution in [0.25, 0.3) is 0 Å². The summed E-state index contributed by atoms with van der Waals surface area (Å²) in [5, 5.41) is 0. The average molecular weight is 330 g/mol. The molecule has 1 aliphatic carbocycles. The molecule has 0 N–H and O–H groups in total. The first-order valence-corrected chi connectivity index (χ1v) is 8.79. The fourth-order valence-electron chi connectivity index (χ4n) is 3.17. The van der Waals surface area contributed by atoms with E-state index in [4.69, 9.17) is 4.74 Å². The second-order valence-electron chi connectivity index (χ2n) is 6.91. The molecule has 1 saturated carbocycles. The van der Waals surface area contributed by atoms with Gasteiger partial charge in [0.2, 0.25) is 5.91 Å². The van der Waals surface area contributed by atoms with Gasteiger partial charge in [-0.1, -0.05) is 37.3 Å². The maximum atomic E-state index is 12.5. The SMILES string of the molecule is C[C@@H](OCc1ccccc1)C(=O)N1CCN(C(=O)[C@H]2C[C@@H]2C)CC1. The van der Waals surface area contributed by atoms with E-state index in [1.807, 2.05) is 40.1 Å². The van der Waals surface area contributed by atoms with Crippen molar-refractivity contribution in [3.8, 4) is 0 Å². The molecule has 2 amide bonds. The Morgan fingerprint density at radius 1 is 1.12 bits per heavy atom. The van der Waals surface area contributed by atoms with Gasteiger partial charge in [0.1, 0.15) is 6.10 Å². The van der Waals surface area contributed by atoms with Crippen molar-refractivity contribution >= 4 is 11.8 Å². The minimum atomic E-state index is -0.462. The molecule has 0 radical (unpaired) electrons. The lowest BCUT2D eigenvalue weighted by Crippen LogP contribution is -2.53. The summed E-state index contributed by atoms with van der Waals surface area (Å²) < 4.78 is 5.71. The molecule has 0 spiro atoms. The van der Waals surface area contributed by atoms with Crippen molar-refractivity contribution < 1.29 is 14.3 Å². The van der Waals surface area contributed by atoms with Crippen LogP contribution < -0.4 is 0 Å². The zero-order chi connectivity index (χ0) is 17.1. The molecule has 2 aliphatic rings. The van der Waals surface area contributed by atoms with Gasteiger partial charge in [0, 0.05) is 32.1 Å². The first-order chi connectivity index (χ1) is 11.6. The van der Waals surface area contributed by atoms with Crippen LogP contribution in [0.5, 0.6) is 0 Å². The summed E-state index contributed by atoms with van der Waals surface area (Å²) >= 11 is 0. The van der Waals surface area contributed by atoms with Gasteiger partial charge in [-0.2, -0.15) is 0 Å². The predicted octanol–water partition coefficient (Wildman–Crippen LogP) is 1.92. The standard InChI is InChI=1S/C19H26N2O3/c1-14-12-17(14)19(23)21-10-8-20(9-11-21)18(22)15(2)24-13-16-6-4-3-5-7-16/h3-7,14-15,17H,8-13H2,1-2H3/t14-,15+,17-/m0/s1. The molecule has 1 aliphatic heterocycles. The third-order valence-electron chi connectivity index (χ3n) is 5.02. The topological polar surface area (TPSA) is 49.9 Å². The van der Waals surface area contributed by atoms with Crippen molar-refractivity contribution in [3.05, 3.63) is 35.9 Å². The Kier molecular flexibility index (Phi) is 5.19. The van der Waals surface area contributed by atoms with E-state index in [0.717, 1.165) is 12.0 Å². The van der Waals surface area contributed by atoms with E-state index in [9.17, 15) is 9.59 Å². The minimum absolute atomic E-state index is 0.0119. The number of carbonyl (C=O) groups is 2. The second-order valence-corrected chi connectivity index (χ2v) is 6.91. The maximum Gasteiger partial charge on any atom is 0.251 e. The second kappa shape index (κ2) is 7.34. The van der Waals surface area contributed by atoms with E-state index in [2.05, 4.69) is 6.92 Å². The molecule has 1 aromatic carbocycles. The summed E-state index contributed by atoms with van der Waals surface area (Å²) in [5.74, 6) is 1.03. The first-order valence-electron chi connectivity index (χ1n) is 8.79. The van der Waals surface area contributed by atoms with E-state index >= 15 is 0 Å². The lowest BCUT2D eigenvalue weighted by Gasteiger charge is -2.36. The third-order valence-corrected chi connectivity index (χ3v) is 5.02. The largest absolute Gasteiger partial charge is 0.364 e. The summed E-state index contributed by atoms with van der Waals surface area (Å²) in [6.07, 6.45) is 0.554. The Bertz CT molecular complexity index is 582. The fourth-order valence-corrected chi connectivity index (χ4v) is 3.17. The lowest BCUT2D eigenvalue weighted by atomic mass is 10.2. The van der Waals surface area contributed by atoms with Crippen molar-refractivity contribution in [1.82, 2.24) is 9.80 Å². The van der Waals surface area contributed by atoms with Crippen molar-refractivity contribution in [3.63, 3.8) is 0 Å². The minimum Gasteiger partial charge on any atom is -0.364 e. The van der Waals surface area contributed by atoms with Gasteiger partial charge in [-0.15, -0.1) is 0 Å². The van der Waals surface area contributed by atoms with Gasteiger partial charge in [-0.25, -0.2) is 0 Å². The van der Waals surface area contributed by atoms with Crippen molar-refractivity contribution in [1.29, 1.82) is 0 Å². The Morgan fingerprint density at radius 2 is 1.71 bits per heavy atom. The first kappa shape index (κ1) is 17.0. The Balaban J connectivity index is 1.43. The molecule has 1 heterocycles. The number of carbonyl (C=O) groups excluding carboxylic acids is 2. The normalized spacial score (nSPS) is 24.6. The van der Waals surface area contributed by atoms with Crippen LogP contribution in [0.15, 0.2) is 30.3 Å². The van der Waals surface area contributed by atoms with Crippen LogP contribution >= 0.6 is 0 Å². The van der Waals surface area contributed by atoms with Crippen molar-refractivity contribution in [2.24, 2.45) is 11.8 Å². The van der Waals surface area contributed by atoms with Crippen LogP contribution in [-0.2, 0) is 20.9 Å². The number of amides is 2. The highest BCUT2D eigenvalue weighted by atomic mass is 16.5. The molecule has 0 bridgehead atoms. The molecule has 0 aromatic heterocycles. The molecule has 1 saturated heterocycles. The molecule has 1 aromatic rings. The number of hydrogen-bond donors (Lipinski definition) is 0. The van der Waals surface area contributed by atoms with Gasteiger partial charge in [0.15, 0.2) is 0 Å². The van der Waals surface area contributed by atoms with E-state index in [0.29, 0.717) is 38.7 Å². The van der Waals surface area contributed by atoms with Gasteiger partial charge in [-0.3, -0.25) is 9.59 Å². The maximum absolute atomic E-state index is 12.5. The zero-order valence-electron chi connectivity index (χ0n) is 14.5. The van der Waals surface area contributed by atoms with Gasteiger partial charge in [0.05, 0.1) is 6.61 Å². The number of rotatable bonds is 5. The molecule has 5 nitrogen and oxygen atoms in total. The van der Waals surface area contributed by atoms with Crippen LogP contribution in [0.1, 0.15) is 25.8 Å². The molecule has 5 heteroatoms. The van der Waals surface area contributed by atoms with Gasteiger partial charge in [-0.05, 0) is 24.8 Å². The molecule has 130 valence electrons. The zero-order valence-corrected chi connectivity index (χ0v) is 14.5. The number of benzene rings is 1. The van der Waals surface area contributed by atoms with E-state index in [1.54, 1.807) is 6.92 Å². The summed E-state index contributed by atoms with van der Waals surface area (Å²) in [6.45, 7) is 6.84. The molecule has 0 unspecified atom stereocenters. The van der Waals surface area contributed by atoms with Crippen LogP contribution in [0.2, 0.25) is 0 Å². The summed E-state index contributed by atoms with van der Waals surface area (Å²) in [5.41, 5.74) is 1.06. The predicted molar refractivity (Wildman–Crippen MR) is 91.1 cm³/mol. The van der Waals surface area contributed by atoms with Crippen LogP contribution in [-0.4, -0.2) is 53.9 Å². The highest BCUT2D eigenvalue weighted by Crippen LogP contribution is 2.39. The number of ether oxygens (including phenoxy) is 1. The van der Waals surface area contributed by atoms with Crippen molar-refractivity contribution in [2.45, 2.75) is 33.0 Å². The Morgan fingerprint density at radius 3 is 2.29 bits per heavy atom. The van der Waals surface area contributed by atoms with Crippen LogP contribution in [0, 0.1) is 11.8 Å². The molecular formula is C19H26N2O3. The van der Waals surface area contributed by atoms with Crippen LogP contribution in [0.4, 0.5) is 0 Å². The number of piperazine rings is 1. The van der Waals surface area contributed by atoms with Gasteiger partial charge in [0.25, 0.3) is 5.91 Å². The molecule has 2 fully saturated rings. The number of nitrogens with zero attached hydrogens (tertiary/aromatic N) is 2. The summed E-state index contributed by atoms with van der Waals surface area (Å²) in [4.78, 5) is 28.5. The van der Waals surface area contributed by atoms with E-state index in [1.165, 1.54) is 0 Å². The highest BCUT2D eigenvalue weighted by molar-refractivity contribution is 5.83. The Hall–Kier alpha value is -1.88. The van der Waals surface area contributed by atoms with E-state index < -0.39 is 6.10 Å². The molecule has 3 rings (SSSR count). The van der Waals surface area contributed by atoms with Crippen LogP contribution in [0.3, 0.4) is 0 Å². The van der Waals surface area contributed by atoms with E-state index in [-0.39, 0.29) is 17.7 Å². The summed E-state index contributed by atoms with van der Waals surface area (Å²) in [7, 11) is 0. The van der Waals surface area contributed by atoms with Gasteiger partial charge < -0.3 is 14.5 Å². The molecule has 3 atom stereocenters. The fraction of sp³-hybridized carbons (Fsp3) is 0.579. The highest BCUT2D eigenvalue weighted by Gasteiger charge is 2.42. The van der Waals surface area contributed by atoms with Gasteiger partial charge >= 0.3 is 0 Å². The molecular weight excluding hydrogens is 304 g/mol. The average Bonchev–Trinajstić information content (AvgIpc) is 3.36. The summed E-state index contributed by atoms with van der Waals surface area (Å²) in [6, 6.07) is 9.85. The molecule has 24 heavy (non-hydrogen) atoms. The third kappa shape index (κ3) is 3.96. The smallest absolute Gasteiger partial charge is 0.251 e. The van der Waals surface area contributed by atoms with Crippen molar-refractivity contribution in [2.75, 3.05) is 26.2 Å². The number of hydrogen-bond acceptors (Lipinski definition) is 3. The quantitative estimate of drug-likeness (QED) is 0.829. The lowest BCUT2D eigenvalue weighted by molar-refractivity contribution is -0.148. The monoisotopic (exact) mass is 330 g/mol. The Labute approximate surface area is 143 Å².